The number of benzene rings is 1. The molecule has 9 nitrogen and oxygen atoms in total. The Labute approximate surface area is 167 Å². The van der Waals surface area contributed by atoms with Crippen molar-refractivity contribution in [1.29, 1.82) is 0 Å². The standard InChI is InChI=1S/C20H24N4O5/c1-12(2)29-20(28)17(8-7-14(25)11-23-21)24-19(27)18(26)9-13-10-22-16-6-4-3-5-15(13)16/h3-6,10-12,17-18,22,26H,7-9H2,1-2H3,(H,24,27)/t17-,18?/m0/s1. The number of nitrogens with zero attached hydrogens (tertiary/aromatic N) is 2. The zero-order valence-electron chi connectivity index (χ0n) is 16.3. The number of fused-ring (bicyclic) bond motifs is 1. The topological polar surface area (TPSA) is 145 Å². The molecule has 0 aliphatic heterocycles. The third-order valence-corrected chi connectivity index (χ3v) is 4.22. The number of amides is 1. The number of para-hydroxylation sites is 1. The van der Waals surface area contributed by atoms with E-state index in [9.17, 15) is 19.5 Å². The molecule has 2 aromatic rings. The van der Waals surface area contributed by atoms with Crippen LogP contribution in [0.1, 0.15) is 32.3 Å². The second-order valence-electron chi connectivity index (χ2n) is 6.88. The molecule has 1 aromatic carbocycles. The van der Waals surface area contributed by atoms with Crippen molar-refractivity contribution < 1.29 is 29.0 Å². The van der Waals surface area contributed by atoms with Gasteiger partial charge >= 0.3 is 12.2 Å². The van der Waals surface area contributed by atoms with Gasteiger partial charge in [-0.15, -0.1) is 0 Å². The molecule has 2 atom stereocenters. The second kappa shape index (κ2) is 10.3. The van der Waals surface area contributed by atoms with Crippen LogP contribution >= 0.6 is 0 Å². The van der Waals surface area contributed by atoms with E-state index in [4.69, 9.17) is 10.3 Å². The molecule has 1 unspecified atom stereocenters. The summed E-state index contributed by atoms with van der Waals surface area (Å²) in [6.45, 7) is 3.32. The summed E-state index contributed by atoms with van der Waals surface area (Å²) >= 11 is 0. The monoisotopic (exact) mass is 400 g/mol. The molecule has 0 fully saturated rings. The van der Waals surface area contributed by atoms with Gasteiger partial charge in [-0.25, -0.2) is 4.79 Å². The van der Waals surface area contributed by atoms with E-state index in [1.807, 2.05) is 24.3 Å². The summed E-state index contributed by atoms with van der Waals surface area (Å²) in [5, 5.41) is 13.7. The fraction of sp³-hybridized carbons (Fsp3) is 0.400. The van der Waals surface area contributed by atoms with Crippen LogP contribution < -0.4 is 5.32 Å². The third kappa shape index (κ3) is 6.38. The summed E-state index contributed by atoms with van der Waals surface area (Å²) in [4.78, 5) is 41.9. The van der Waals surface area contributed by atoms with Crippen LogP contribution in [-0.4, -0.2) is 57.0 Å². The number of hydrogen-bond acceptors (Lipinski definition) is 5. The van der Waals surface area contributed by atoms with Crippen molar-refractivity contribution in [3.8, 4) is 0 Å². The minimum Gasteiger partial charge on any atom is -0.461 e. The molecule has 3 N–H and O–H groups in total. The van der Waals surface area contributed by atoms with Gasteiger partial charge in [-0.3, -0.25) is 9.59 Å². The highest BCUT2D eigenvalue weighted by Gasteiger charge is 2.27. The number of aliphatic hydroxyl groups excluding tert-OH is 1. The molecule has 0 radical (unpaired) electrons. The predicted octanol–water partition coefficient (Wildman–Crippen LogP) is 1.16. The van der Waals surface area contributed by atoms with Crippen LogP contribution in [-0.2, 0) is 25.5 Å². The maximum absolute atomic E-state index is 12.4. The van der Waals surface area contributed by atoms with Gasteiger partial charge in [0, 0.05) is 29.9 Å². The molecule has 0 saturated carbocycles. The number of nitrogens with one attached hydrogen (secondary N) is 2. The van der Waals surface area contributed by atoms with Crippen LogP contribution in [0.15, 0.2) is 30.5 Å². The van der Waals surface area contributed by atoms with E-state index in [0.29, 0.717) is 0 Å². The minimum absolute atomic E-state index is 0.0535. The normalized spacial score (nSPS) is 12.8. The van der Waals surface area contributed by atoms with Gasteiger partial charge in [0.1, 0.15) is 12.1 Å². The highest BCUT2D eigenvalue weighted by Crippen LogP contribution is 2.19. The van der Waals surface area contributed by atoms with Crippen molar-refractivity contribution in [2.45, 2.75) is 51.4 Å². The molecule has 1 amide bonds. The summed E-state index contributed by atoms with van der Waals surface area (Å²) < 4.78 is 5.11. The van der Waals surface area contributed by atoms with Crippen LogP contribution in [0.4, 0.5) is 0 Å². The number of aromatic nitrogens is 1. The van der Waals surface area contributed by atoms with Gasteiger partial charge in [0.25, 0.3) is 0 Å². The van der Waals surface area contributed by atoms with E-state index in [1.54, 1.807) is 20.0 Å². The summed E-state index contributed by atoms with van der Waals surface area (Å²) in [7, 11) is 0. The maximum Gasteiger partial charge on any atom is 0.328 e. The lowest BCUT2D eigenvalue weighted by Gasteiger charge is -2.20. The molecule has 9 heteroatoms. The Morgan fingerprint density at radius 2 is 2.03 bits per heavy atom. The van der Waals surface area contributed by atoms with E-state index < -0.39 is 35.9 Å². The molecule has 1 heterocycles. The fourth-order valence-corrected chi connectivity index (χ4v) is 2.85. The fourth-order valence-electron chi connectivity index (χ4n) is 2.85. The number of rotatable bonds is 10. The van der Waals surface area contributed by atoms with E-state index in [0.717, 1.165) is 22.7 Å². The molecular weight excluding hydrogens is 376 g/mol. The predicted molar refractivity (Wildman–Crippen MR) is 105 cm³/mol. The average Bonchev–Trinajstić information content (AvgIpc) is 3.07. The lowest BCUT2D eigenvalue weighted by atomic mass is 10.0. The van der Waals surface area contributed by atoms with Crippen molar-refractivity contribution in [1.82, 2.24) is 10.3 Å². The van der Waals surface area contributed by atoms with Crippen molar-refractivity contribution in [2.24, 2.45) is 0 Å². The first-order valence-electron chi connectivity index (χ1n) is 9.26. The van der Waals surface area contributed by atoms with Crippen LogP contribution in [0.5, 0.6) is 0 Å². The van der Waals surface area contributed by atoms with E-state index in [2.05, 4.69) is 15.1 Å². The van der Waals surface area contributed by atoms with Gasteiger partial charge in [-0.2, -0.15) is 4.79 Å². The highest BCUT2D eigenvalue weighted by atomic mass is 16.5. The molecule has 154 valence electrons. The summed E-state index contributed by atoms with van der Waals surface area (Å²) in [5.74, 6) is -1.96. The van der Waals surface area contributed by atoms with Crippen LogP contribution in [0.25, 0.3) is 16.4 Å². The quantitative estimate of drug-likeness (QED) is 0.237. The number of aliphatic hydroxyl groups is 1. The second-order valence-corrected chi connectivity index (χ2v) is 6.88. The van der Waals surface area contributed by atoms with Gasteiger partial charge in [-0.05, 0) is 31.9 Å². The Morgan fingerprint density at radius 3 is 2.72 bits per heavy atom. The first-order chi connectivity index (χ1) is 13.8. The van der Waals surface area contributed by atoms with Crippen molar-refractivity contribution in [3.63, 3.8) is 0 Å². The van der Waals surface area contributed by atoms with Crippen LogP contribution in [0.3, 0.4) is 0 Å². The minimum atomic E-state index is -1.39. The van der Waals surface area contributed by atoms with Crippen LogP contribution in [0.2, 0.25) is 0 Å². The Hall–Kier alpha value is -3.29. The Kier molecular flexibility index (Phi) is 7.82. The number of ketones is 1. The molecule has 1 aromatic heterocycles. The zero-order chi connectivity index (χ0) is 21.4. The largest absolute Gasteiger partial charge is 0.461 e. The van der Waals surface area contributed by atoms with Gasteiger partial charge in [0.05, 0.1) is 6.10 Å². The van der Waals surface area contributed by atoms with E-state index >= 15 is 0 Å². The molecule has 0 bridgehead atoms. The smallest absolute Gasteiger partial charge is 0.328 e. The maximum atomic E-state index is 12.4. The number of hydrogen-bond donors (Lipinski definition) is 3. The number of ether oxygens (including phenoxy) is 1. The Morgan fingerprint density at radius 1 is 1.31 bits per heavy atom. The molecule has 29 heavy (non-hydrogen) atoms. The molecular formula is C20H24N4O5. The highest BCUT2D eigenvalue weighted by molar-refractivity contribution is 6.25. The molecule has 2 rings (SSSR count). The van der Waals surface area contributed by atoms with E-state index in [-0.39, 0.29) is 19.3 Å². The van der Waals surface area contributed by atoms with Gasteiger partial charge in [0.2, 0.25) is 11.7 Å². The molecule has 0 spiro atoms. The lowest BCUT2D eigenvalue weighted by Crippen LogP contribution is -2.47. The summed E-state index contributed by atoms with van der Waals surface area (Å²) in [6.07, 6.45) is 0.503. The summed E-state index contributed by atoms with van der Waals surface area (Å²) in [5.41, 5.74) is 10.0. The van der Waals surface area contributed by atoms with Crippen molar-refractivity contribution in [2.75, 3.05) is 0 Å². The third-order valence-electron chi connectivity index (χ3n) is 4.22. The number of Topliss-reactive ketones (excluding diaryl/α,β-unsaturated/α-hetero) is 1. The Balaban J connectivity index is 2.05. The number of esters is 1. The molecule has 0 aliphatic carbocycles. The van der Waals surface area contributed by atoms with Crippen LogP contribution in [0, 0.1) is 0 Å². The number of H-pyrrole nitrogens is 1. The number of carbonyl (C=O) groups is 3. The SMILES string of the molecule is CC(C)OC(=O)[C@H](CCC(=O)C=[N+]=[N-])NC(=O)C(O)Cc1c[nH]c2ccccc12. The number of carbonyl (C=O) groups excluding carboxylic acids is 3. The summed E-state index contributed by atoms with van der Waals surface area (Å²) in [6, 6.07) is 6.38. The first kappa shape index (κ1) is 22.0. The Bertz CT molecular complexity index is 930. The molecule has 0 aliphatic rings. The lowest BCUT2D eigenvalue weighted by molar-refractivity contribution is -0.152. The first-order valence-corrected chi connectivity index (χ1v) is 9.26. The van der Waals surface area contributed by atoms with Crippen molar-refractivity contribution >= 4 is 34.8 Å². The molecule has 0 saturated heterocycles. The average molecular weight is 400 g/mol. The van der Waals surface area contributed by atoms with Gasteiger partial charge < -0.3 is 25.7 Å². The van der Waals surface area contributed by atoms with Gasteiger partial charge in [-0.1, -0.05) is 18.2 Å². The zero-order valence-corrected chi connectivity index (χ0v) is 16.3. The van der Waals surface area contributed by atoms with Crippen molar-refractivity contribution in [3.05, 3.63) is 41.6 Å². The number of aromatic amines is 1. The van der Waals surface area contributed by atoms with E-state index in [1.165, 1.54) is 0 Å². The van der Waals surface area contributed by atoms with Gasteiger partial charge in [0.15, 0.2) is 0 Å².